The first-order valence-corrected chi connectivity index (χ1v) is 7.76. The molecule has 0 bridgehead atoms. The molecule has 0 aliphatic carbocycles. The summed E-state index contributed by atoms with van der Waals surface area (Å²) in [4.78, 5) is 18.7. The third kappa shape index (κ3) is 2.97. The molecule has 118 valence electrons. The van der Waals surface area contributed by atoms with E-state index >= 15 is 0 Å². The van der Waals surface area contributed by atoms with Gasteiger partial charge >= 0.3 is 0 Å². The molecule has 2 aromatic rings. The zero-order valence-corrected chi connectivity index (χ0v) is 13.3. The highest BCUT2D eigenvalue weighted by molar-refractivity contribution is 5.81. The Kier molecular flexibility index (Phi) is 4.11. The minimum Gasteiger partial charge on any atom is -0.374 e. The van der Waals surface area contributed by atoms with Crippen molar-refractivity contribution >= 4 is 16.9 Å². The van der Waals surface area contributed by atoms with Gasteiger partial charge in [0.25, 0.3) is 0 Å². The Morgan fingerprint density at radius 3 is 3.09 bits per heavy atom. The Labute approximate surface area is 130 Å². The molecule has 6 heteroatoms. The number of rotatable bonds is 4. The number of ether oxygens (including phenoxy) is 1. The highest BCUT2D eigenvalue weighted by Gasteiger charge is 2.28. The van der Waals surface area contributed by atoms with Crippen LogP contribution in [0.4, 0.5) is 0 Å². The molecule has 0 saturated carbocycles. The lowest BCUT2D eigenvalue weighted by molar-refractivity contribution is -0.131. The third-order valence-corrected chi connectivity index (χ3v) is 3.94. The zero-order valence-electron chi connectivity index (χ0n) is 13.3. The number of carbonyl (C=O) groups is 1. The molecular weight excluding hydrogens is 280 g/mol. The van der Waals surface area contributed by atoms with Crippen molar-refractivity contribution in [1.29, 1.82) is 0 Å². The van der Waals surface area contributed by atoms with Crippen molar-refractivity contribution in [3.8, 4) is 0 Å². The second-order valence-electron chi connectivity index (χ2n) is 6.05. The van der Waals surface area contributed by atoms with E-state index in [4.69, 9.17) is 4.74 Å². The number of aromatic nitrogens is 3. The van der Waals surface area contributed by atoms with Crippen LogP contribution in [0, 0.1) is 6.92 Å². The van der Waals surface area contributed by atoms with Gasteiger partial charge in [-0.25, -0.2) is 9.67 Å². The number of hydrogen-bond donors (Lipinski definition) is 0. The molecule has 0 radical (unpaired) electrons. The molecule has 1 fully saturated rings. The monoisotopic (exact) mass is 302 g/mol. The van der Waals surface area contributed by atoms with Crippen LogP contribution < -0.4 is 0 Å². The number of aryl methyl sites for hydroxylation is 1. The predicted molar refractivity (Wildman–Crippen MR) is 83.5 cm³/mol. The summed E-state index contributed by atoms with van der Waals surface area (Å²) in [7, 11) is 0. The van der Waals surface area contributed by atoms with Crippen LogP contribution in [0.25, 0.3) is 11.0 Å². The minimum atomic E-state index is 0.0740. The van der Waals surface area contributed by atoms with E-state index in [-0.39, 0.29) is 24.7 Å². The highest BCUT2D eigenvalue weighted by atomic mass is 16.5. The van der Waals surface area contributed by atoms with Gasteiger partial charge in [0.15, 0.2) is 5.65 Å². The van der Waals surface area contributed by atoms with E-state index < -0.39 is 0 Å². The summed E-state index contributed by atoms with van der Waals surface area (Å²) in [6, 6.07) is 3.87. The molecule has 0 spiro atoms. The van der Waals surface area contributed by atoms with Crippen LogP contribution in [0.1, 0.15) is 26.0 Å². The van der Waals surface area contributed by atoms with Crippen molar-refractivity contribution in [2.75, 3.05) is 13.1 Å². The third-order valence-electron chi connectivity index (χ3n) is 3.94. The van der Waals surface area contributed by atoms with Gasteiger partial charge in [0.05, 0.1) is 17.9 Å². The van der Waals surface area contributed by atoms with Crippen molar-refractivity contribution in [3.63, 3.8) is 0 Å². The second-order valence-corrected chi connectivity index (χ2v) is 6.05. The van der Waals surface area contributed by atoms with E-state index in [1.54, 1.807) is 10.9 Å². The first kappa shape index (κ1) is 15.0. The lowest BCUT2D eigenvalue weighted by atomic mass is 10.3. The average Bonchev–Trinajstić information content (AvgIpc) is 3.05. The number of fused-ring (bicyclic) bond motifs is 1. The van der Waals surface area contributed by atoms with Crippen LogP contribution in [0.5, 0.6) is 0 Å². The Balaban J connectivity index is 1.69. The molecule has 0 unspecified atom stereocenters. The summed E-state index contributed by atoms with van der Waals surface area (Å²) < 4.78 is 7.49. The topological polar surface area (TPSA) is 60.2 Å². The van der Waals surface area contributed by atoms with Crippen LogP contribution in [-0.4, -0.2) is 50.9 Å². The number of likely N-dealkylation sites (tertiary alicyclic amines) is 1. The van der Waals surface area contributed by atoms with Gasteiger partial charge in [-0.3, -0.25) is 4.79 Å². The van der Waals surface area contributed by atoms with Crippen molar-refractivity contribution in [2.45, 2.75) is 45.9 Å². The van der Waals surface area contributed by atoms with Gasteiger partial charge in [0.1, 0.15) is 6.54 Å². The van der Waals surface area contributed by atoms with Crippen molar-refractivity contribution in [2.24, 2.45) is 0 Å². The summed E-state index contributed by atoms with van der Waals surface area (Å²) >= 11 is 0. The molecule has 22 heavy (non-hydrogen) atoms. The first-order chi connectivity index (χ1) is 10.5. The van der Waals surface area contributed by atoms with Crippen LogP contribution in [0.3, 0.4) is 0 Å². The molecule has 6 nitrogen and oxygen atoms in total. The number of amides is 1. The molecule has 0 N–H and O–H groups in total. The number of nitrogens with zero attached hydrogens (tertiary/aromatic N) is 4. The van der Waals surface area contributed by atoms with Crippen molar-refractivity contribution in [1.82, 2.24) is 19.7 Å². The predicted octanol–water partition coefficient (Wildman–Crippen LogP) is 1.77. The SMILES string of the molecule is Cc1nn(CC(=O)N2CC[C@@H](OC(C)C)C2)c2ncccc12. The van der Waals surface area contributed by atoms with E-state index in [1.165, 1.54) is 0 Å². The highest BCUT2D eigenvalue weighted by Crippen LogP contribution is 2.17. The number of carbonyl (C=O) groups excluding carboxylic acids is 1. The maximum absolute atomic E-state index is 12.5. The maximum atomic E-state index is 12.5. The normalized spacial score (nSPS) is 18.5. The Bertz CT molecular complexity index is 680. The summed E-state index contributed by atoms with van der Waals surface area (Å²) in [6.45, 7) is 7.64. The van der Waals surface area contributed by atoms with Crippen molar-refractivity contribution < 1.29 is 9.53 Å². The molecule has 1 amide bonds. The van der Waals surface area contributed by atoms with Gasteiger partial charge in [-0.05, 0) is 39.3 Å². The van der Waals surface area contributed by atoms with Crippen LogP contribution in [-0.2, 0) is 16.1 Å². The first-order valence-electron chi connectivity index (χ1n) is 7.76. The minimum absolute atomic E-state index is 0.0740. The Hall–Kier alpha value is -1.95. The van der Waals surface area contributed by atoms with Crippen molar-refractivity contribution in [3.05, 3.63) is 24.0 Å². The van der Waals surface area contributed by atoms with Gasteiger partial charge in [0.2, 0.25) is 5.91 Å². The molecule has 2 aromatic heterocycles. The smallest absolute Gasteiger partial charge is 0.244 e. The lowest BCUT2D eigenvalue weighted by Crippen LogP contribution is -2.33. The van der Waals surface area contributed by atoms with Gasteiger partial charge in [0, 0.05) is 24.7 Å². The lowest BCUT2D eigenvalue weighted by Gasteiger charge is -2.18. The summed E-state index contributed by atoms with van der Waals surface area (Å²) in [5.74, 6) is 0.0740. The maximum Gasteiger partial charge on any atom is 0.244 e. The van der Waals surface area contributed by atoms with Crippen LogP contribution in [0.2, 0.25) is 0 Å². The average molecular weight is 302 g/mol. The Morgan fingerprint density at radius 1 is 1.50 bits per heavy atom. The van der Waals surface area contributed by atoms with Gasteiger partial charge in [-0.15, -0.1) is 0 Å². The summed E-state index contributed by atoms with van der Waals surface area (Å²) in [6.07, 6.45) is 2.98. The van der Waals surface area contributed by atoms with E-state index in [9.17, 15) is 4.79 Å². The molecule has 1 aliphatic heterocycles. The van der Waals surface area contributed by atoms with Crippen LogP contribution in [0.15, 0.2) is 18.3 Å². The zero-order chi connectivity index (χ0) is 15.7. The number of hydrogen-bond acceptors (Lipinski definition) is 4. The van der Waals surface area contributed by atoms with E-state index in [2.05, 4.69) is 10.1 Å². The van der Waals surface area contributed by atoms with E-state index in [1.807, 2.05) is 37.8 Å². The van der Waals surface area contributed by atoms with Crippen LogP contribution >= 0.6 is 0 Å². The molecule has 3 rings (SSSR count). The van der Waals surface area contributed by atoms with E-state index in [0.29, 0.717) is 6.54 Å². The van der Waals surface area contributed by atoms with E-state index in [0.717, 1.165) is 29.7 Å². The molecule has 3 heterocycles. The molecular formula is C16H22N4O2. The quantitative estimate of drug-likeness (QED) is 0.863. The van der Waals surface area contributed by atoms with Gasteiger partial charge < -0.3 is 9.64 Å². The molecule has 1 aliphatic rings. The fourth-order valence-corrected chi connectivity index (χ4v) is 2.96. The summed E-state index contributed by atoms with van der Waals surface area (Å²) in [5.41, 5.74) is 1.67. The van der Waals surface area contributed by atoms with Gasteiger partial charge in [-0.1, -0.05) is 0 Å². The second kappa shape index (κ2) is 6.04. The molecule has 0 aromatic carbocycles. The summed E-state index contributed by atoms with van der Waals surface area (Å²) in [5, 5.41) is 5.44. The standard InChI is InChI=1S/C16H22N4O2/c1-11(2)22-13-6-8-19(9-13)15(21)10-20-16-14(12(3)18-20)5-4-7-17-16/h4-5,7,11,13H,6,8-10H2,1-3H3/t13-/m1/s1. The Morgan fingerprint density at radius 2 is 2.32 bits per heavy atom. The number of pyridine rings is 1. The molecule has 1 atom stereocenters. The molecule has 1 saturated heterocycles. The van der Waals surface area contributed by atoms with Gasteiger partial charge in [-0.2, -0.15) is 5.10 Å². The largest absolute Gasteiger partial charge is 0.374 e. The fraction of sp³-hybridized carbons (Fsp3) is 0.562. The fourth-order valence-electron chi connectivity index (χ4n) is 2.96.